The zero-order chi connectivity index (χ0) is 19.9. The molecule has 0 spiro atoms. The molecular weight excluding hydrogens is 370 g/mol. The van der Waals surface area contributed by atoms with Crippen molar-refractivity contribution >= 4 is 34.0 Å². The van der Waals surface area contributed by atoms with Gasteiger partial charge in [-0.1, -0.05) is 30.3 Å². The maximum absolute atomic E-state index is 12.7. The van der Waals surface area contributed by atoms with E-state index in [9.17, 15) is 4.79 Å². The van der Waals surface area contributed by atoms with Gasteiger partial charge in [0.25, 0.3) is 0 Å². The molecule has 3 heterocycles. The zero-order valence-corrected chi connectivity index (χ0v) is 16.8. The monoisotopic (exact) mass is 391 g/mol. The number of ketones is 1. The van der Waals surface area contributed by atoms with E-state index in [1.807, 2.05) is 46.5 Å². The van der Waals surface area contributed by atoms with Crippen LogP contribution in [-0.2, 0) is 12.0 Å². The zero-order valence-electron chi connectivity index (χ0n) is 16.0. The van der Waals surface area contributed by atoms with Crippen LogP contribution in [0.25, 0.3) is 21.6 Å². The van der Waals surface area contributed by atoms with Crippen LogP contribution in [0.2, 0.25) is 0 Å². The summed E-state index contributed by atoms with van der Waals surface area (Å²) in [5.74, 6) is 0.471. The van der Waals surface area contributed by atoms with Crippen molar-refractivity contribution in [2.24, 2.45) is 0 Å². The van der Waals surface area contributed by atoms with E-state index in [2.05, 4.69) is 30.7 Å². The average Bonchev–Trinajstić information content (AvgIpc) is 3.27. The molecule has 0 aliphatic carbocycles. The summed E-state index contributed by atoms with van der Waals surface area (Å²) >= 11 is 1.48. The molecule has 0 fully saturated rings. The number of carbonyl (C=O) groups is 1. The van der Waals surface area contributed by atoms with Crippen molar-refractivity contribution in [2.75, 3.05) is 5.73 Å². The Bertz CT molecular complexity index is 1150. The molecule has 2 N–H and O–H groups in total. The fourth-order valence-electron chi connectivity index (χ4n) is 3.10. The van der Waals surface area contributed by atoms with Gasteiger partial charge >= 0.3 is 0 Å². The van der Waals surface area contributed by atoms with Gasteiger partial charge in [0.1, 0.15) is 17.8 Å². The van der Waals surface area contributed by atoms with Gasteiger partial charge in [0.15, 0.2) is 11.4 Å². The highest BCUT2D eigenvalue weighted by Gasteiger charge is 2.25. The molecule has 0 aliphatic heterocycles. The van der Waals surface area contributed by atoms with Gasteiger partial charge in [0.2, 0.25) is 0 Å². The van der Waals surface area contributed by atoms with Crippen LogP contribution in [0.4, 0.5) is 5.82 Å². The molecule has 0 saturated heterocycles. The van der Waals surface area contributed by atoms with E-state index in [1.165, 1.54) is 17.7 Å². The minimum atomic E-state index is -0.263. The second kappa shape index (κ2) is 6.83. The minimum absolute atomic E-state index is 0.0810. The van der Waals surface area contributed by atoms with E-state index in [0.29, 0.717) is 29.1 Å². The molecule has 0 amide bonds. The second-order valence-corrected chi connectivity index (χ2v) is 8.59. The standard InChI is InChI=1S/C21H21N5OS/c1-21(2,3)26-20-17(19(22)23-12-24-20)18(25-26)16-10-14(11-28-16)15(27)9-13-7-5-4-6-8-13/h4-8,10-12H,9H2,1-3H3,(H2,22,23,24). The van der Waals surface area contributed by atoms with E-state index < -0.39 is 0 Å². The first-order valence-corrected chi connectivity index (χ1v) is 9.88. The number of rotatable bonds is 4. The van der Waals surface area contributed by atoms with Crippen LogP contribution in [0.1, 0.15) is 36.7 Å². The third-order valence-electron chi connectivity index (χ3n) is 4.49. The largest absolute Gasteiger partial charge is 0.383 e. The van der Waals surface area contributed by atoms with E-state index in [4.69, 9.17) is 10.8 Å². The number of carbonyl (C=O) groups excluding carboxylic acids is 1. The van der Waals surface area contributed by atoms with Crippen molar-refractivity contribution in [3.8, 4) is 10.6 Å². The molecule has 1 aromatic carbocycles. The first kappa shape index (κ1) is 18.3. The highest BCUT2D eigenvalue weighted by Crippen LogP contribution is 2.36. The molecule has 3 aromatic heterocycles. The average molecular weight is 392 g/mol. The Morgan fingerprint density at radius 1 is 1.18 bits per heavy atom. The van der Waals surface area contributed by atoms with Gasteiger partial charge < -0.3 is 5.73 Å². The fourth-order valence-corrected chi connectivity index (χ4v) is 4.01. The van der Waals surface area contributed by atoms with E-state index >= 15 is 0 Å². The molecule has 0 unspecified atom stereocenters. The van der Waals surface area contributed by atoms with Crippen molar-refractivity contribution < 1.29 is 4.79 Å². The summed E-state index contributed by atoms with van der Waals surface area (Å²) in [6.45, 7) is 6.18. The molecule has 0 aliphatic rings. The molecule has 0 radical (unpaired) electrons. The van der Waals surface area contributed by atoms with Crippen molar-refractivity contribution in [3.63, 3.8) is 0 Å². The number of nitrogens with two attached hydrogens (primary N) is 1. The summed E-state index contributed by atoms with van der Waals surface area (Å²) in [5.41, 5.74) is 8.98. The Morgan fingerprint density at radius 2 is 1.93 bits per heavy atom. The van der Waals surface area contributed by atoms with E-state index in [-0.39, 0.29) is 11.3 Å². The lowest BCUT2D eigenvalue weighted by atomic mass is 10.0. The normalized spacial score (nSPS) is 11.8. The lowest BCUT2D eigenvalue weighted by molar-refractivity contribution is 0.0993. The molecule has 6 nitrogen and oxygen atoms in total. The van der Waals surface area contributed by atoms with Crippen LogP contribution in [0.15, 0.2) is 48.1 Å². The van der Waals surface area contributed by atoms with Crippen LogP contribution in [0, 0.1) is 0 Å². The van der Waals surface area contributed by atoms with Gasteiger partial charge in [-0.05, 0) is 32.4 Å². The Kier molecular flexibility index (Phi) is 4.47. The first-order chi connectivity index (χ1) is 13.3. The summed E-state index contributed by atoms with van der Waals surface area (Å²) < 4.78 is 1.86. The number of nitrogen functional groups attached to an aromatic ring is 1. The highest BCUT2D eigenvalue weighted by atomic mass is 32.1. The Labute approximate surface area is 167 Å². The van der Waals surface area contributed by atoms with Crippen LogP contribution in [0.5, 0.6) is 0 Å². The number of aromatic nitrogens is 4. The summed E-state index contributed by atoms with van der Waals surface area (Å²) in [6, 6.07) is 11.6. The fraction of sp³-hybridized carbons (Fsp3) is 0.238. The van der Waals surface area contributed by atoms with Gasteiger partial charge in [0.05, 0.1) is 15.8 Å². The molecule has 142 valence electrons. The molecule has 7 heteroatoms. The number of hydrogen-bond donors (Lipinski definition) is 1. The topological polar surface area (TPSA) is 86.7 Å². The number of hydrogen-bond acceptors (Lipinski definition) is 6. The summed E-state index contributed by atoms with van der Waals surface area (Å²) in [6.07, 6.45) is 1.83. The minimum Gasteiger partial charge on any atom is -0.383 e. The lowest BCUT2D eigenvalue weighted by Crippen LogP contribution is -2.23. The Balaban J connectivity index is 1.75. The smallest absolute Gasteiger partial charge is 0.168 e. The lowest BCUT2D eigenvalue weighted by Gasteiger charge is -2.19. The highest BCUT2D eigenvalue weighted by molar-refractivity contribution is 7.14. The molecule has 4 aromatic rings. The van der Waals surface area contributed by atoms with Gasteiger partial charge in [-0.3, -0.25) is 4.79 Å². The van der Waals surface area contributed by atoms with Crippen molar-refractivity contribution in [1.82, 2.24) is 19.7 Å². The number of anilines is 1. The molecule has 0 saturated carbocycles. The maximum Gasteiger partial charge on any atom is 0.168 e. The summed E-state index contributed by atoms with van der Waals surface area (Å²) in [5, 5.41) is 7.38. The van der Waals surface area contributed by atoms with Crippen LogP contribution in [-0.4, -0.2) is 25.5 Å². The van der Waals surface area contributed by atoms with Crippen LogP contribution >= 0.6 is 11.3 Å². The molecule has 0 bridgehead atoms. The maximum atomic E-state index is 12.7. The Morgan fingerprint density at radius 3 is 2.64 bits per heavy atom. The molecule has 4 rings (SSSR count). The van der Waals surface area contributed by atoms with Gasteiger partial charge in [-0.25, -0.2) is 14.6 Å². The van der Waals surface area contributed by atoms with Crippen molar-refractivity contribution in [2.45, 2.75) is 32.7 Å². The Hall–Kier alpha value is -3.06. The van der Waals surface area contributed by atoms with Gasteiger partial charge in [-0.2, -0.15) is 5.10 Å². The SMILES string of the molecule is CC(C)(C)n1nc(-c2cc(C(=O)Cc3ccccc3)cs2)c2c(N)ncnc21. The molecule has 0 atom stereocenters. The second-order valence-electron chi connectivity index (χ2n) is 7.67. The van der Waals surface area contributed by atoms with E-state index in [1.54, 1.807) is 0 Å². The molecule has 28 heavy (non-hydrogen) atoms. The number of benzene rings is 1. The first-order valence-electron chi connectivity index (χ1n) is 9.00. The van der Waals surface area contributed by atoms with Gasteiger partial charge in [0, 0.05) is 17.4 Å². The number of Topliss-reactive ketones (excluding diaryl/α,β-unsaturated/α-hetero) is 1. The quantitative estimate of drug-likeness (QED) is 0.524. The number of nitrogens with zero attached hydrogens (tertiary/aromatic N) is 4. The predicted molar refractivity (Wildman–Crippen MR) is 113 cm³/mol. The van der Waals surface area contributed by atoms with Crippen molar-refractivity contribution in [1.29, 1.82) is 0 Å². The third-order valence-corrected chi connectivity index (χ3v) is 5.43. The predicted octanol–water partition coefficient (Wildman–Crippen LogP) is 4.32. The number of thiophene rings is 1. The van der Waals surface area contributed by atoms with Crippen LogP contribution < -0.4 is 5.73 Å². The summed E-state index contributed by atoms with van der Waals surface area (Å²) in [4.78, 5) is 22.1. The van der Waals surface area contributed by atoms with Crippen molar-refractivity contribution in [3.05, 3.63) is 59.2 Å². The molecular formula is C21H21N5OS. The number of fused-ring (bicyclic) bond motifs is 1. The van der Waals surface area contributed by atoms with Crippen LogP contribution in [0.3, 0.4) is 0 Å². The summed E-state index contributed by atoms with van der Waals surface area (Å²) in [7, 11) is 0. The van der Waals surface area contributed by atoms with E-state index in [0.717, 1.165) is 15.8 Å². The third kappa shape index (κ3) is 3.29. The van der Waals surface area contributed by atoms with Gasteiger partial charge in [-0.15, -0.1) is 11.3 Å².